The fourth-order valence-electron chi connectivity index (χ4n) is 2.02. The van der Waals surface area contributed by atoms with Crippen molar-refractivity contribution in [3.8, 4) is 5.75 Å². The maximum absolute atomic E-state index is 10.9. The van der Waals surface area contributed by atoms with E-state index in [-0.39, 0.29) is 0 Å². The standard InChI is InChI=1S/C10H10N2O3/c13-10(14)8-4-12-5-11-6-2-1-3-7(15-8)9(6)12/h1-3,8,11H,4-5H2,(H,13,14). The van der Waals surface area contributed by atoms with Gasteiger partial charge in [-0.2, -0.15) is 0 Å². The van der Waals surface area contributed by atoms with Crippen LogP contribution >= 0.6 is 0 Å². The SMILES string of the molecule is O=C(O)C1CN2CNc3cccc(c32)O1. The zero-order valence-electron chi connectivity index (χ0n) is 7.93. The molecule has 0 fully saturated rings. The number of para-hydroxylation sites is 1. The number of nitrogens with one attached hydrogen (secondary N) is 1. The monoisotopic (exact) mass is 206 g/mol. The molecule has 1 unspecified atom stereocenters. The average molecular weight is 206 g/mol. The highest BCUT2D eigenvalue weighted by atomic mass is 16.5. The van der Waals surface area contributed by atoms with Crippen molar-refractivity contribution < 1.29 is 14.6 Å². The number of hydrogen-bond acceptors (Lipinski definition) is 4. The Balaban J connectivity index is 2.05. The summed E-state index contributed by atoms with van der Waals surface area (Å²) in [5, 5.41) is 12.1. The van der Waals surface area contributed by atoms with Crippen LogP contribution in [0.15, 0.2) is 18.2 Å². The highest BCUT2D eigenvalue weighted by Gasteiger charge is 2.34. The van der Waals surface area contributed by atoms with Gasteiger partial charge in [-0.3, -0.25) is 0 Å². The summed E-state index contributed by atoms with van der Waals surface area (Å²) in [7, 11) is 0. The van der Waals surface area contributed by atoms with Gasteiger partial charge in [0.25, 0.3) is 0 Å². The van der Waals surface area contributed by atoms with Crippen LogP contribution in [-0.2, 0) is 4.79 Å². The van der Waals surface area contributed by atoms with E-state index in [0.717, 1.165) is 11.4 Å². The van der Waals surface area contributed by atoms with Crippen molar-refractivity contribution in [2.24, 2.45) is 0 Å². The number of carbonyl (C=O) groups is 1. The average Bonchev–Trinajstić information content (AvgIpc) is 2.64. The number of anilines is 2. The van der Waals surface area contributed by atoms with Crippen LogP contribution in [0.4, 0.5) is 11.4 Å². The van der Waals surface area contributed by atoms with Crippen molar-refractivity contribution in [2.45, 2.75) is 6.10 Å². The fourth-order valence-corrected chi connectivity index (χ4v) is 2.02. The minimum Gasteiger partial charge on any atom is -0.478 e. The Morgan fingerprint density at radius 2 is 2.47 bits per heavy atom. The van der Waals surface area contributed by atoms with E-state index >= 15 is 0 Å². The van der Waals surface area contributed by atoms with Gasteiger partial charge in [0, 0.05) is 0 Å². The number of ether oxygens (including phenoxy) is 1. The van der Waals surface area contributed by atoms with Crippen LogP contribution in [0.1, 0.15) is 0 Å². The third kappa shape index (κ3) is 1.12. The molecule has 15 heavy (non-hydrogen) atoms. The summed E-state index contributed by atoms with van der Waals surface area (Å²) in [5.41, 5.74) is 1.99. The van der Waals surface area contributed by atoms with Crippen molar-refractivity contribution in [3.63, 3.8) is 0 Å². The number of benzene rings is 1. The van der Waals surface area contributed by atoms with E-state index in [1.54, 1.807) is 6.07 Å². The van der Waals surface area contributed by atoms with E-state index in [2.05, 4.69) is 5.32 Å². The highest BCUT2D eigenvalue weighted by Crippen LogP contribution is 2.42. The van der Waals surface area contributed by atoms with Gasteiger partial charge in [0.05, 0.1) is 18.9 Å². The van der Waals surface area contributed by atoms with Crippen molar-refractivity contribution in [1.29, 1.82) is 0 Å². The lowest BCUT2D eigenvalue weighted by molar-refractivity contribution is -0.144. The number of carboxylic acid groups (broad SMARTS) is 1. The van der Waals surface area contributed by atoms with E-state index < -0.39 is 12.1 Å². The molecular weight excluding hydrogens is 196 g/mol. The summed E-state index contributed by atoms with van der Waals surface area (Å²) in [6, 6.07) is 5.62. The van der Waals surface area contributed by atoms with Gasteiger partial charge < -0.3 is 20.1 Å². The molecule has 0 aromatic heterocycles. The van der Waals surface area contributed by atoms with Gasteiger partial charge in [0.2, 0.25) is 6.10 Å². The molecule has 1 aromatic rings. The molecule has 2 N–H and O–H groups in total. The summed E-state index contributed by atoms with van der Waals surface area (Å²) >= 11 is 0. The van der Waals surface area contributed by atoms with Crippen LogP contribution in [-0.4, -0.2) is 30.4 Å². The summed E-state index contributed by atoms with van der Waals surface area (Å²) in [6.07, 6.45) is -0.771. The summed E-state index contributed by atoms with van der Waals surface area (Å²) in [6.45, 7) is 1.05. The second kappa shape index (κ2) is 2.79. The molecule has 2 heterocycles. The molecule has 0 bridgehead atoms. The van der Waals surface area contributed by atoms with E-state index in [1.807, 2.05) is 17.0 Å². The van der Waals surface area contributed by atoms with Crippen LogP contribution in [0, 0.1) is 0 Å². The number of aliphatic carboxylic acids is 1. The molecule has 1 aromatic carbocycles. The van der Waals surface area contributed by atoms with E-state index in [1.165, 1.54) is 0 Å². The molecule has 2 aliphatic rings. The minimum atomic E-state index is -0.919. The lowest BCUT2D eigenvalue weighted by atomic mass is 10.2. The lowest BCUT2D eigenvalue weighted by Gasteiger charge is -2.30. The molecular formula is C10H10N2O3. The molecule has 0 radical (unpaired) electrons. The van der Waals surface area contributed by atoms with Crippen LogP contribution in [0.2, 0.25) is 0 Å². The molecule has 1 atom stereocenters. The van der Waals surface area contributed by atoms with Crippen LogP contribution in [0.25, 0.3) is 0 Å². The smallest absolute Gasteiger partial charge is 0.346 e. The maximum Gasteiger partial charge on any atom is 0.346 e. The van der Waals surface area contributed by atoms with Gasteiger partial charge in [-0.1, -0.05) is 6.07 Å². The predicted molar refractivity (Wildman–Crippen MR) is 54.3 cm³/mol. The molecule has 0 saturated heterocycles. The Kier molecular flexibility index (Phi) is 1.56. The van der Waals surface area contributed by atoms with Gasteiger partial charge in [0.15, 0.2) is 0 Å². The van der Waals surface area contributed by atoms with E-state index in [9.17, 15) is 4.79 Å². The van der Waals surface area contributed by atoms with Crippen LogP contribution in [0.5, 0.6) is 5.75 Å². The van der Waals surface area contributed by atoms with Gasteiger partial charge >= 0.3 is 5.97 Å². The van der Waals surface area contributed by atoms with E-state index in [0.29, 0.717) is 19.0 Å². The van der Waals surface area contributed by atoms with Gasteiger partial charge in [-0.05, 0) is 12.1 Å². The Morgan fingerprint density at radius 1 is 1.60 bits per heavy atom. The predicted octanol–water partition coefficient (Wildman–Crippen LogP) is 0.722. The van der Waals surface area contributed by atoms with Gasteiger partial charge in [-0.15, -0.1) is 0 Å². The zero-order valence-corrected chi connectivity index (χ0v) is 7.93. The lowest BCUT2D eigenvalue weighted by Crippen LogP contribution is -2.43. The Labute approximate surface area is 86.3 Å². The number of rotatable bonds is 1. The summed E-state index contributed by atoms with van der Waals surface area (Å²) < 4.78 is 5.40. The molecule has 5 nitrogen and oxygen atoms in total. The quantitative estimate of drug-likeness (QED) is 0.709. The molecule has 0 spiro atoms. The van der Waals surface area contributed by atoms with Gasteiger partial charge in [0.1, 0.15) is 11.4 Å². The first-order chi connectivity index (χ1) is 7.25. The second-order valence-corrected chi connectivity index (χ2v) is 3.65. The summed E-state index contributed by atoms with van der Waals surface area (Å²) in [4.78, 5) is 12.9. The summed E-state index contributed by atoms with van der Waals surface area (Å²) in [5.74, 6) is -0.269. The van der Waals surface area contributed by atoms with E-state index in [4.69, 9.17) is 9.84 Å². The zero-order chi connectivity index (χ0) is 10.4. The first-order valence-electron chi connectivity index (χ1n) is 4.77. The molecule has 0 saturated carbocycles. The van der Waals surface area contributed by atoms with Crippen LogP contribution < -0.4 is 15.0 Å². The van der Waals surface area contributed by atoms with Crippen molar-refractivity contribution in [3.05, 3.63) is 18.2 Å². The Hall–Kier alpha value is -1.91. The van der Waals surface area contributed by atoms with Gasteiger partial charge in [-0.25, -0.2) is 4.79 Å². The largest absolute Gasteiger partial charge is 0.478 e. The third-order valence-electron chi connectivity index (χ3n) is 2.71. The van der Waals surface area contributed by atoms with Crippen molar-refractivity contribution in [2.75, 3.05) is 23.4 Å². The number of hydrogen-bond donors (Lipinski definition) is 2. The molecule has 0 aliphatic carbocycles. The topological polar surface area (TPSA) is 61.8 Å². The number of nitrogens with zero attached hydrogens (tertiary/aromatic N) is 1. The third-order valence-corrected chi connectivity index (χ3v) is 2.71. The number of carboxylic acids is 1. The molecule has 0 amide bonds. The van der Waals surface area contributed by atoms with Crippen molar-refractivity contribution in [1.82, 2.24) is 0 Å². The Morgan fingerprint density at radius 3 is 3.27 bits per heavy atom. The minimum absolute atomic E-state index is 0.395. The molecule has 2 aliphatic heterocycles. The maximum atomic E-state index is 10.9. The fraction of sp³-hybridized carbons (Fsp3) is 0.300. The first kappa shape index (κ1) is 8.40. The molecule has 78 valence electrons. The molecule has 5 heteroatoms. The first-order valence-corrected chi connectivity index (χ1v) is 4.77. The van der Waals surface area contributed by atoms with Crippen molar-refractivity contribution >= 4 is 17.3 Å². The second-order valence-electron chi connectivity index (χ2n) is 3.65. The molecule has 3 rings (SSSR count). The van der Waals surface area contributed by atoms with Crippen LogP contribution in [0.3, 0.4) is 0 Å². The normalized spacial score (nSPS) is 21.6. The Bertz CT molecular complexity index is 433. The highest BCUT2D eigenvalue weighted by molar-refractivity contribution is 5.84.